The summed E-state index contributed by atoms with van der Waals surface area (Å²) in [6, 6.07) is 64.9. The lowest BCUT2D eigenvalue weighted by molar-refractivity contribution is -0.207. The molecule has 0 aliphatic heterocycles. The molecule has 0 amide bonds. The van der Waals surface area contributed by atoms with Gasteiger partial charge in [-0.2, -0.15) is 0 Å². The molecule has 4 N–H and O–H groups in total. The summed E-state index contributed by atoms with van der Waals surface area (Å²) >= 11 is 0. The predicted molar refractivity (Wildman–Crippen MR) is 601 cm³/mol. The Bertz CT molecular complexity index is 4540. The molecule has 0 heterocycles. The van der Waals surface area contributed by atoms with Gasteiger partial charge in [0.1, 0.15) is 64.2 Å². The maximum atomic E-state index is 12.1. The van der Waals surface area contributed by atoms with E-state index in [4.69, 9.17) is 58.3 Å². The fraction of sp³-hybridized carbons (Fsp3) is 0.611. The minimum absolute atomic E-state index is 0.0174. The van der Waals surface area contributed by atoms with E-state index < -0.39 is 0 Å². The molecule has 15 heteroatoms. The molecule has 12 atom stereocenters. The van der Waals surface area contributed by atoms with Crippen LogP contribution in [0.4, 0.5) is 0 Å². The van der Waals surface area contributed by atoms with E-state index in [-0.39, 0.29) is 65.5 Å². The summed E-state index contributed by atoms with van der Waals surface area (Å²) in [4.78, 5) is 35.8. The standard InChI is InChI=1S/C26H36O3.C20H32O2.2C16H26O2.C13H18O2.4C10H14O/c1-4-20(2)22-10-16-26(17-11-22)29-21(3)27-18-19-28-25-14-12-24(13-15-25)23-8-6-5-7-9-23;1-4-16(2)19-10-12-20(13-11-19)22-17(3)21-15-14-18-8-6-5-7-9-18;2*1-4-10(2)15(17)18-16(3)13-6-11-5-12(8-13)9-14(16)7-11;1-4-10(2)13(14)15-11(3)12-8-6-5-7-9-12;4*1-3-8(2)9-4-6-10(11)7-5-9/h10-17,20-21,23H,4-9,18-19H2,1-3H3;10-13,16-18H,4-9,14-15H2,1-3H3;2*10-14H,4-9H2,1-3H3;5-11H,4H2,1-3H3;4*4-8,11H,3H2,1-2H3. The van der Waals surface area contributed by atoms with Crippen LogP contribution in [0.25, 0.3) is 0 Å². The highest BCUT2D eigenvalue weighted by Crippen LogP contribution is 2.61. The fourth-order valence-electron chi connectivity index (χ4n) is 22.1. The highest BCUT2D eigenvalue weighted by Gasteiger charge is 2.59. The lowest BCUT2D eigenvalue weighted by Crippen LogP contribution is -2.58. The first kappa shape index (κ1) is 122. The van der Waals surface area contributed by atoms with Gasteiger partial charge in [0.25, 0.3) is 0 Å². The van der Waals surface area contributed by atoms with Gasteiger partial charge in [-0.25, -0.2) is 0 Å². The van der Waals surface area contributed by atoms with E-state index >= 15 is 0 Å². The number of phenols is 4. The number of esters is 3. The number of carbonyl (C=O) groups excluding carboxylic acids is 3. The molecule has 10 aliphatic carbocycles. The molecule has 10 saturated carbocycles. The van der Waals surface area contributed by atoms with Crippen molar-refractivity contribution in [3.05, 3.63) is 245 Å². The van der Waals surface area contributed by atoms with Gasteiger partial charge < -0.3 is 58.3 Å². The SMILES string of the molecule is CCC(C)C(=O)OC(C)c1ccccc1.CCC(C)C(=O)OC1(C)C2CC3CC(C2)CC1C3.CCC(C)C(=O)OC1(C)C2CC3CC(C2)CC1C3.CCC(C)c1ccc(O)cc1.CCC(C)c1ccc(O)cc1.CCC(C)c1ccc(O)cc1.CCC(C)c1ccc(O)cc1.CCC(C)c1ccc(OC(C)OCCC2CCCCC2)cc1.CCC(C)c1ccc(OC(C)OCCOc2ccc(C3CCCCC3)cc2)cc1. The Morgan fingerprint density at radius 2 is 0.582 bits per heavy atom. The van der Waals surface area contributed by atoms with E-state index in [0.717, 1.165) is 116 Å². The van der Waals surface area contributed by atoms with E-state index in [9.17, 15) is 14.4 Å². The molecular formula is C131H194O15. The van der Waals surface area contributed by atoms with Crippen LogP contribution in [0.1, 0.15) is 444 Å². The number of rotatable bonds is 36. The van der Waals surface area contributed by atoms with E-state index in [1.807, 2.05) is 139 Å². The Labute approximate surface area is 884 Å². The monoisotopic (exact) mass is 2010 g/mol. The molecule has 0 radical (unpaired) electrons. The molecule has 0 spiro atoms. The smallest absolute Gasteiger partial charge is 0.309 e. The van der Waals surface area contributed by atoms with Crippen molar-refractivity contribution in [3.8, 4) is 40.2 Å². The molecule has 10 fully saturated rings. The number of carbonyl (C=O) groups is 3. The first-order valence-electron chi connectivity index (χ1n) is 57.3. The summed E-state index contributed by atoms with van der Waals surface area (Å²) in [5, 5.41) is 36.0. The summed E-state index contributed by atoms with van der Waals surface area (Å²) < 4.78 is 46.5. The molecule has 15 nitrogen and oxygen atoms in total. The quantitative estimate of drug-likeness (QED) is 0.0125. The van der Waals surface area contributed by atoms with Gasteiger partial charge in [-0.1, -0.05) is 291 Å². The molecular weight excluding hydrogens is 1810 g/mol. The molecule has 18 rings (SSSR count). The third kappa shape index (κ3) is 39.9. The van der Waals surface area contributed by atoms with Crippen LogP contribution in [-0.2, 0) is 38.1 Å². The van der Waals surface area contributed by atoms with E-state index in [0.29, 0.717) is 95.4 Å². The maximum Gasteiger partial charge on any atom is 0.309 e. The van der Waals surface area contributed by atoms with Crippen molar-refractivity contribution in [2.45, 2.75) is 423 Å². The molecule has 0 aromatic heterocycles. The number of ether oxygens (including phenoxy) is 8. The van der Waals surface area contributed by atoms with Crippen LogP contribution in [0.2, 0.25) is 0 Å². The van der Waals surface area contributed by atoms with Crippen molar-refractivity contribution < 1.29 is 72.7 Å². The van der Waals surface area contributed by atoms with Crippen LogP contribution in [0.3, 0.4) is 0 Å². The normalized spacial score (nSPS) is 23.2. The second kappa shape index (κ2) is 63.6. The third-order valence-electron chi connectivity index (χ3n) is 34.1. The number of hydrogen-bond donors (Lipinski definition) is 4. The second-order valence-corrected chi connectivity index (χ2v) is 44.8. The Kier molecular flexibility index (Phi) is 53.1. The van der Waals surface area contributed by atoms with Crippen molar-refractivity contribution in [1.82, 2.24) is 0 Å². The van der Waals surface area contributed by atoms with Crippen molar-refractivity contribution in [2.24, 2.45) is 71.0 Å². The zero-order valence-corrected chi connectivity index (χ0v) is 94.4. The maximum absolute atomic E-state index is 12.1. The van der Waals surface area contributed by atoms with Gasteiger partial charge in [0, 0.05) is 0 Å². The first-order valence-corrected chi connectivity index (χ1v) is 57.3. The first-order chi connectivity index (χ1) is 70.0. The second-order valence-electron chi connectivity index (χ2n) is 44.8. The highest BCUT2D eigenvalue weighted by molar-refractivity contribution is 5.73. The Morgan fingerprint density at radius 3 is 0.884 bits per heavy atom. The summed E-state index contributed by atoms with van der Waals surface area (Å²) in [7, 11) is 0. The molecule has 146 heavy (non-hydrogen) atoms. The number of hydrogen-bond acceptors (Lipinski definition) is 15. The fourth-order valence-corrected chi connectivity index (χ4v) is 22.1. The third-order valence-corrected chi connectivity index (χ3v) is 34.1. The van der Waals surface area contributed by atoms with Crippen molar-refractivity contribution in [1.29, 1.82) is 0 Å². The lowest BCUT2D eigenvalue weighted by Gasteiger charge is -2.59. The zero-order valence-electron chi connectivity index (χ0n) is 94.4. The molecule has 8 bridgehead atoms. The largest absolute Gasteiger partial charge is 0.508 e. The van der Waals surface area contributed by atoms with Gasteiger partial charge >= 0.3 is 17.9 Å². The average Bonchev–Trinajstić information content (AvgIpc) is 0.735. The average molecular weight is 2010 g/mol. The van der Waals surface area contributed by atoms with Crippen LogP contribution in [-0.4, -0.2) is 81.9 Å². The zero-order chi connectivity index (χ0) is 106. The van der Waals surface area contributed by atoms with Crippen LogP contribution in [0.15, 0.2) is 200 Å². The summed E-state index contributed by atoms with van der Waals surface area (Å²) in [6.45, 7) is 50.4. The number of phenolic OH excluding ortho intramolecular Hbond substituents is 4. The van der Waals surface area contributed by atoms with Gasteiger partial charge in [0.2, 0.25) is 0 Å². The van der Waals surface area contributed by atoms with Gasteiger partial charge in [0.05, 0.1) is 31.0 Å². The summed E-state index contributed by atoms with van der Waals surface area (Å²) in [5.74, 6) is 15.5. The van der Waals surface area contributed by atoms with Crippen molar-refractivity contribution >= 4 is 17.9 Å². The van der Waals surface area contributed by atoms with Gasteiger partial charge in [-0.15, -0.1) is 0 Å². The van der Waals surface area contributed by atoms with Crippen molar-refractivity contribution in [2.75, 3.05) is 19.8 Å². The molecule has 10 aliphatic rings. The van der Waals surface area contributed by atoms with Gasteiger partial charge in [0.15, 0.2) is 12.6 Å². The van der Waals surface area contributed by atoms with Crippen LogP contribution in [0, 0.1) is 71.0 Å². The Balaban J connectivity index is 0.000000205. The molecule has 808 valence electrons. The summed E-state index contributed by atoms with van der Waals surface area (Å²) in [5.41, 5.74) is 10.1. The van der Waals surface area contributed by atoms with E-state index in [1.165, 1.54) is 180 Å². The predicted octanol–water partition coefficient (Wildman–Crippen LogP) is 35.5. The lowest BCUT2D eigenvalue weighted by atomic mass is 9.50. The van der Waals surface area contributed by atoms with Gasteiger partial charge in [-0.3, -0.25) is 14.4 Å². The number of aromatic hydroxyl groups is 4. The van der Waals surface area contributed by atoms with Crippen LogP contribution < -0.4 is 14.2 Å². The molecule has 0 saturated heterocycles. The molecule has 8 aromatic rings. The van der Waals surface area contributed by atoms with E-state index in [1.54, 1.807) is 48.5 Å². The van der Waals surface area contributed by atoms with Crippen LogP contribution >= 0.6 is 0 Å². The Hall–Kier alpha value is -9.31. The molecule has 8 aromatic carbocycles. The Morgan fingerprint density at radius 1 is 0.301 bits per heavy atom. The minimum Gasteiger partial charge on any atom is -0.508 e. The van der Waals surface area contributed by atoms with E-state index in [2.05, 4.69) is 171 Å². The van der Waals surface area contributed by atoms with Crippen molar-refractivity contribution in [3.63, 3.8) is 0 Å². The number of benzene rings is 8. The topological polar surface area (TPSA) is 206 Å². The summed E-state index contributed by atoms with van der Waals surface area (Å²) in [6.07, 6.45) is 37.1. The van der Waals surface area contributed by atoms with Gasteiger partial charge in [-0.05, 0) is 400 Å². The molecule has 12 unspecified atom stereocenters. The van der Waals surface area contributed by atoms with Crippen LogP contribution in [0.5, 0.6) is 40.2 Å². The minimum atomic E-state index is -0.304. The highest BCUT2D eigenvalue weighted by atomic mass is 16.7.